The molecule has 0 aromatic rings. The minimum absolute atomic E-state index is 0.192. The lowest BCUT2D eigenvalue weighted by Gasteiger charge is -2.44. The topological polar surface area (TPSA) is 29.5 Å². The Bertz CT molecular complexity index is 323. The van der Waals surface area contributed by atoms with Crippen LogP contribution in [0.1, 0.15) is 70.6 Å². The molecule has 3 aliphatic rings. The first-order valence-electron chi connectivity index (χ1n) is 8.30. The highest BCUT2D eigenvalue weighted by Crippen LogP contribution is 2.43. The summed E-state index contributed by atoms with van der Waals surface area (Å²) in [6, 6.07) is 0. The van der Waals surface area contributed by atoms with Crippen molar-refractivity contribution in [3.8, 4) is 0 Å². The highest BCUT2D eigenvalue weighted by molar-refractivity contribution is 5.13. The summed E-state index contributed by atoms with van der Waals surface area (Å²) in [5.74, 6) is 0.680. The molecular formula is C17H28O2. The number of hydrogen-bond acceptors (Lipinski definition) is 2. The Morgan fingerprint density at radius 1 is 1.05 bits per heavy atom. The van der Waals surface area contributed by atoms with Gasteiger partial charge in [-0.3, -0.25) is 0 Å². The van der Waals surface area contributed by atoms with Crippen molar-refractivity contribution in [1.29, 1.82) is 0 Å². The number of ether oxygens (including phenoxy) is 1. The largest absolute Gasteiger partial charge is 0.389 e. The summed E-state index contributed by atoms with van der Waals surface area (Å²) in [4.78, 5) is 0. The van der Waals surface area contributed by atoms with Gasteiger partial charge >= 0.3 is 0 Å². The minimum Gasteiger partial charge on any atom is -0.389 e. The smallest absolute Gasteiger partial charge is 0.0723 e. The van der Waals surface area contributed by atoms with Gasteiger partial charge in [0.05, 0.1) is 11.7 Å². The van der Waals surface area contributed by atoms with Crippen LogP contribution < -0.4 is 0 Å². The van der Waals surface area contributed by atoms with Crippen molar-refractivity contribution >= 4 is 0 Å². The second-order valence-electron chi connectivity index (χ2n) is 6.84. The van der Waals surface area contributed by atoms with Crippen LogP contribution in [0.3, 0.4) is 0 Å². The first kappa shape index (κ1) is 13.6. The fraction of sp³-hybridized carbons (Fsp3) is 0.882. The van der Waals surface area contributed by atoms with Crippen LogP contribution in [0.25, 0.3) is 0 Å². The first-order chi connectivity index (χ1) is 9.27. The summed E-state index contributed by atoms with van der Waals surface area (Å²) in [5, 5.41) is 9.98. The maximum atomic E-state index is 9.98. The van der Waals surface area contributed by atoms with E-state index < -0.39 is 0 Å². The zero-order valence-corrected chi connectivity index (χ0v) is 12.1. The van der Waals surface area contributed by atoms with Gasteiger partial charge in [-0.1, -0.05) is 37.3 Å². The second-order valence-corrected chi connectivity index (χ2v) is 6.84. The van der Waals surface area contributed by atoms with Gasteiger partial charge in [0, 0.05) is 6.61 Å². The Balaban J connectivity index is 1.70. The molecule has 2 unspecified atom stereocenters. The van der Waals surface area contributed by atoms with Crippen molar-refractivity contribution in [1.82, 2.24) is 0 Å². The molecule has 2 fully saturated rings. The fourth-order valence-corrected chi connectivity index (χ4v) is 4.33. The van der Waals surface area contributed by atoms with Gasteiger partial charge in [-0.2, -0.15) is 0 Å². The maximum absolute atomic E-state index is 9.98. The summed E-state index contributed by atoms with van der Waals surface area (Å²) >= 11 is 0. The van der Waals surface area contributed by atoms with E-state index in [-0.39, 0.29) is 11.7 Å². The maximum Gasteiger partial charge on any atom is 0.0723 e. The molecule has 2 aliphatic carbocycles. The molecular weight excluding hydrogens is 236 g/mol. The molecule has 3 rings (SSSR count). The van der Waals surface area contributed by atoms with Gasteiger partial charge in [-0.05, 0) is 50.9 Å². The normalized spacial score (nSPS) is 35.7. The van der Waals surface area contributed by atoms with Gasteiger partial charge in [-0.25, -0.2) is 0 Å². The lowest BCUT2D eigenvalue weighted by Crippen LogP contribution is -2.42. The van der Waals surface area contributed by atoms with Gasteiger partial charge in [0.1, 0.15) is 0 Å². The molecule has 0 bridgehead atoms. The average Bonchev–Trinajstić information content (AvgIpc) is 2.64. The number of rotatable bonds is 1. The standard InChI is InChI=1S/C17H28O2/c18-16-7-3-2-6-14(12-16)15-8-11-19-17(13-15)9-4-1-5-10-17/h12,15-16,18H,1-11,13H2. The SMILES string of the molecule is OC1C=C(C2CCOC3(CCCCC3)C2)CCCC1. The van der Waals surface area contributed by atoms with Crippen LogP contribution in [0.15, 0.2) is 11.6 Å². The summed E-state index contributed by atoms with van der Waals surface area (Å²) in [6.45, 7) is 0.929. The van der Waals surface area contributed by atoms with Crippen molar-refractivity contribution < 1.29 is 9.84 Å². The van der Waals surface area contributed by atoms with Crippen molar-refractivity contribution in [2.45, 2.75) is 82.3 Å². The van der Waals surface area contributed by atoms with E-state index in [1.807, 2.05) is 0 Å². The molecule has 0 amide bonds. The molecule has 1 aliphatic heterocycles. The zero-order valence-electron chi connectivity index (χ0n) is 12.1. The number of aliphatic hydroxyl groups excluding tert-OH is 1. The Morgan fingerprint density at radius 3 is 2.74 bits per heavy atom. The van der Waals surface area contributed by atoms with Crippen molar-refractivity contribution in [3.63, 3.8) is 0 Å². The molecule has 0 aromatic heterocycles. The molecule has 0 radical (unpaired) electrons. The molecule has 108 valence electrons. The van der Waals surface area contributed by atoms with E-state index in [0.717, 1.165) is 13.0 Å². The quantitative estimate of drug-likeness (QED) is 0.726. The molecule has 1 saturated heterocycles. The molecule has 19 heavy (non-hydrogen) atoms. The molecule has 1 spiro atoms. The van der Waals surface area contributed by atoms with Gasteiger partial charge in [0.25, 0.3) is 0 Å². The third-order valence-electron chi connectivity index (χ3n) is 5.40. The molecule has 2 atom stereocenters. The zero-order chi connectivity index (χ0) is 13.1. The summed E-state index contributed by atoms with van der Waals surface area (Å²) in [7, 11) is 0. The van der Waals surface area contributed by atoms with Gasteiger partial charge in [0.15, 0.2) is 0 Å². The van der Waals surface area contributed by atoms with Crippen molar-refractivity contribution in [2.75, 3.05) is 6.61 Å². The van der Waals surface area contributed by atoms with Crippen LogP contribution in [-0.2, 0) is 4.74 Å². The van der Waals surface area contributed by atoms with Gasteiger partial charge in [-0.15, -0.1) is 0 Å². The molecule has 0 aromatic carbocycles. The minimum atomic E-state index is -0.192. The highest BCUT2D eigenvalue weighted by Gasteiger charge is 2.39. The van der Waals surface area contributed by atoms with Crippen LogP contribution in [-0.4, -0.2) is 23.4 Å². The Kier molecular flexibility index (Phi) is 4.28. The van der Waals surface area contributed by atoms with Crippen LogP contribution in [0, 0.1) is 5.92 Å². The van der Waals surface area contributed by atoms with E-state index in [0.29, 0.717) is 5.92 Å². The average molecular weight is 264 g/mol. The predicted molar refractivity (Wildman–Crippen MR) is 77.0 cm³/mol. The summed E-state index contributed by atoms with van der Waals surface area (Å²) in [6.07, 6.45) is 15.6. The van der Waals surface area contributed by atoms with E-state index in [9.17, 15) is 5.11 Å². The van der Waals surface area contributed by atoms with Crippen LogP contribution in [0.2, 0.25) is 0 Å². The molecule has 1 N–H and O–H groups in total. The summed E-state index contributed by atoms with van der Waals surface area (Å²) < 4.78 is 6.20. The highest BCUT2D eigenvalue weighted by atomic mass is 16.5. The number of allylic oxidation sites excluding steroid dienone is 1. The Morgan fingerprint density at radius 2 is 1.89 bits per heavy atom. The van der Waals surface area contributed by atoms with E-state index in [4.69, 9.17) is 4.74 Å². The monoisotopic (exact) mass is 264 g/mol. The van der Waals surface area contributed by atoms with Crippen molar-refractivity contribution in [2.24, 2.45) is 5.92 Å². The first-order valence-corrected chi connectivity index (χ1v) is 8.30. The van der Waals surface area contributed by atoms with E-state index >= 15 is 0 Å². The third-order valence-corrected chi connectivity index (χ3v) is 5.40. The number of aliphatic hydroxyl groups is 1. The van der Waals surface area contributed by atoms with Crippen LogP contribution in [0.4, 0.5) is 0 Å². The third kappa shape index (κ3) is 3.22. The lowest BCUT2D eigenvalue weighted by molar-refractivity contribution is -0.112. The molecule has 1 saturated carbocycles. The van der Waals surface area contributed by atoms with E-state index in [1.54, 1.807) is 5.57 Å². The molecule has 2 nitrogen and oxygen atoms in total. The van der Waals surface area contributed by atoms with E-state index in [1.165, 1.54) is 64.2 Å². The summed E-state index contributed by atoms with van der Waals surface area (Å²) in [5.41, 5.74) is 1.73. The Labute approximate surface area is 117 Å². The van der Waals surface area contributed by atoms with Crippen LogP contribution in [0.5, 0.6) is 0 Å². The predicted octanol–water partition coefficient (Wildman–Crippen LogP) is 3.98. The number of hydrogen-bond donors (Lipinski definition) is 1. The molecule has 2 heteroatoms. The van der Waals surface area contributed by atoms with Crippen LogP contribution >= 0.6 is 0 Å². The van der Waals surface area contributed by atoms with Gasteiger partial charge in [0.2, 0.25) is 0 Å². The molecule has 1 heterocycles. The Hall–Kier alpha value is -0.340. The lowest BCUT2D eigenvalue weighted by atomic mass is 9.73. The van der Waals surface area contributed by atoms with Crippen molar-refractivity contribution in [3.05, 3.63) is 11.6 Å². The fourth-order valence-electron chi connectivity index (χ4n) is 4.33. The second kappa shape index (κ2) is 5.97. The van der Waals surface area contributed by atoms with Gasteiger partial charge < -0.3 is 9.84 Å². The van der Waals surface area contributed by atoms with E-state index in [2.05, 4.69) is 6.08 Å².